The Labute approximate surface area is 159 Å². The molecule has 142 valence electrons. The number of benzene rings is 1. The highest BCUT2D eigenvalue weighted by Gasteiger charge is 2.30. The summed E-state index contributed by atoms with van der Waals surface area (Å²) in [5, 5.41) is 4.06. The van der Waals surface area contributed by atoms with E-state index < -0.39 is 0 Å². The normalized spacial score (nSPS) is 23.1. The first-order valence-electron chi connectivity index (χ1n) is 9.77. The SMILES string of the molecule is C[C@@H]1CCCN1C(=O)CN1CC[C@H](NC(=O)c2cnc3ccccc3c2)C1. The van der Waals surface area contributed by atoms with E-state index in [9.17, 15) is 9.59 Å². The van der Waals surface area contributed by atoms with Crippen LogP contribution in [0.2, 0.25) is 0 Å². The van der Waals surface area contributed by atoms with E-state index in [2.05, 4.69) is 22.1 Å². The number of hydrogen-bond donors (Lipinski definition) is 1. The molecule has 1 aromatic heterocycles. The molecule has 0 aliphatic carbocycles. The summed E-state index contributed by atoms with van der Waals surface area (Å²) in [5.74, 6) is 0.116. The predicted octanol–water partition coefficient (Wildman–Crippen LogP) is 2.05. The van der Waals surface area contributed by atoms with Crippen LogP contribution in [0.5, 0.6) is 0 Å². The van der Waals surface area contributed by atoms with Gasteiger partial charge in [-0.05, 0) is 38.3 Å². The number of fused-ring (bicyclic) bond motifs is 1. The monoisotopic (exact) mass is 366 g/mol. The highest BCUT2D eigenvalue weighted by molar-refractivity contribution is 5.97. The van der Waals surface area contributed by atoms with Gasteiger partial charge < -0.3 is 10.2 Å². The first-order valence-corrected chi connectivity index (χ1v) is 9.77. The lowest BCUT2D eigenvalue weighted by atomic mass is 10.1. The van der Waals surface area contributed by atoms with Crippen LogP contribution in [0.4, 0.5) is 0 Å². The van der Waals surface area contributed by atoms with Crippen molar-refractivity contribution in [1.29, 1.82) is 0 Å². The number of carbonyl (C=O) groups excluding carboxylic acids is 2. The van der Waals surface area contributed by atoms with Crippen LogP contribution in [-0.4, -0.2) is 64.9 Å². The largest absolute Gasteiger partial charge is 0.348 e. The Bertz CT molecular complexity index is 853. The maximum Gasteiger partial charge on any atom is 0.253 e. The number of para-hydroxylation sites is 1. The molecule has 0 spiro atoms. The van der Waals surface area contributed by atoms with E-state index in [1.165, 1.54) is 0 Å². The van der Waals surface area contributed by atoms with E-state index in [1.54, 1.807) is 6.20 Å². The zero-order valence-electron chi connectivity index (χ0n) is 15.7. The number of nitrogens with zero attached hydrogens (tertiary/aromatic N) is 3. The average molecular weight is 366 g/mol. The Morgan fingerprint density at radius 3 is 2.89 bits per heavy atom. The fourth-order valence-electron chi connectivity index (χ4n) is 4.14. The van der Waals surface area contributed by atoms with Gasteiger partial charge >= 0.3 is 0 Å². The van der Waals surface area contributed by atoms with Crippen LogP contribution in [0, 0.1) is 0 Å². The highest BCUT2D eigenvalue weighted by Crippen LogP contribution is 2.18. The highest BCUT2D eigenvalue weighted by atomic mass is 16.2. The lowest BCUT2D eigenvalue weighted by Crippen LogP contribution is -2.42. The van der Waals surface area contributed by atoms with Crippen LogP contribution in [0.1, 0.15) is 36.5 Å². The number of nitrogens with one attached hydrogen (secondary N) is 1. The number of carbonyl (C=O) groups is 2. The minimum absolute atomic E-state index is 0.0766. The maximum atomic E-state index is 12.6. The van der Waals surface area contributed by atoms with E-state index in [1.807, 2.05) is 35.2 Å². The maximum absolute atomic E-state index is 12.6. The third kappa shape index (κ3) is 3.95. The van der Waals surface area contributed by atoms with Crippen molar-refractivity contribution in [2.24, 2.45) is 0 Å². The van der Waals surface area contributed by atoms with Crippen molar-refractivity contribution < 1.29 is 9.59 Å². The zero-order chi connectivity index (χ0) is 18.8. The van der Waals surface area contributed by atoms with E-state index in [-0.39, 0.29) is 17.9 Å². The number of rotatable bonds is 4. The van der Waals surface area contributed by atoms with Gasteiger partial charge in [0.05, 0.1) is 17.6 Å². The lowest BCUT2D eigenvalue weighted by molar-refractivity contribution is -0.132. The van der Waals surface area contributed by atoms with Crippen molar-refractivity contribution in [3.8, 4) is 0 Å². The number of amides is 2. The number of pyridine rings is 1. The number of likely N-dealkylation sites (tertiary alicyclic amines) is 2. The Balaban J connectivity index is 1.32. The smallest absolute Gasteiger partial charge is 0.253 e. The van der Waals surface area contributed by atoms with E-state index in [0.29, 0.717) is 18.2 Å². The molecule has 0 unspecified atom stereocenters. The van der Waals surface area contributed by atoms with Gasteiger partial charge in [-0.2, -0.15) is 0 Å². The van der Waals surface area contributed by atoms with Crippen molar-refractivity contribution in [3.63, 3.8) is 0 Å². The number of hydrogen-bond acceptors (Lipinski definition) is 4. The molecule has 2 atom stereocenters. The summed E-state index contributed by atoms with van der Waals surface area (Å²) in [6, 6.07) is 10.1. The van der Waals surface area contributed by atoms with E-state index in [4.69, 9.17) is 0 Å². The fraction of sp³-hybridized carbons (Fsp3) is 0.476. The Morgan fingerprint density at radius 2 is 2.07 bits per heavy atom. The summed E-state index contributed by atoms with van der Waals surface area (Å²) in [4.78, 5) is 33.6. The van der Waals surface area contributed by atoms with Gasteiger partial charge in [0.1, 0.15) is 0 Å². The van der Waals surface area contributed by atoms with Crippen LogP contribution < -0.4 is 5.32 Å². The van der Waals surface area contributed by atoms with Crippen LogP contribution >= 0.6 is 0 Å². The second kappa shape index (κ2) is 7.64. The summed E-state index contributed by atoms with van der Waals surface area (Å²) in [7, 11) is 0. The van der Waals surface area contributed by atoms with Crippen LogP contribution in [0.15, 0.2) is 36.5 Å². The molecule has 2 aromatic rings. The van der Waals surface area contributed by atoms with Crippen molar-refractivity contribution in [2.45, 2.75) is 38.3 Å². The third-order valence-corrected chi connectivity index (χ3v) is 5.69. The molecule has 0 bridgehead atoms. The van der Waals surface area contributed by atoms with Crippen molar-refractivity contribution in [3.05, 3.63) is 42.1 Å². The molecule has 2 aliphatic heterocycles. The van der Waals surface area contributed by atoms with E-state index >= 15 is 0 Å². The topological polar surface area (TPSA) is 65.5 Å². The van der Waals surface area contributed by atoms with Crippen LogP contribution in [0.25, 0.3) is 10.9 Å². The summed E-state index contributed by atoms with van der Waals surface area (Å²) in [6.07, 6.45) is 4.70. The minimum atomic E-state index is -0.0976. The van der Waals surface area contributed by atoms with Gasteiger partial charge in [-0.15, -0.1) is 0 Å². The molecule has 0 radical (unpaired) electrons. The molecule has 0 saturated carbocycles. The zero-order valence-corrected chi connectivity index (χ0v) is 15.7. The molecule has 2 fully saturated rings. The first kappa shape index (κ1) is 17.9. The molecule has 1 aromatic carbocycles. The van der Waals surface area contributed by atoms with Gasteiger partial charge in [0.2, 0.25) is 5.91 Å². The van der Waals surface area contributed by atoms with Crippen LogP contribution in [-0.2, 0) is 4.79 Å². The summed E-state index contributed by atoms with van der Waals surface area (Å²) < 4.78 is 0. The summed E-state index contributed by atoms with van der Waals surface area (Å²) in [5.41, 5.74) is 1.46. The van der Waals surface area contributed by atoms with Gasteiger partial charge in [0.25, 0.3) is 5.91 Å². The van der Waals surface area contributed by atoms with Gasteiger partial charge in [-0.1, -0.05) is 18.2 Å². The molecule has 2 aliphatic rings. The molecule has 4 rings (SSSR count). The second-order valence-corrected chi connectivity index (χ2v) is 7.69. The van der Waals surface area contributed by atoms with Gasteiger partial charge in [0.15, 0.2) is 0 Å². The van der Waals surface area contributed by atoms with Gasteiger partial charge in [0, 0.05) is 43.3 Å². The van der Waals surface area contributed by atoms with Crippen molar-refractivity contribution in [2.75, 3.05) is 26.2 Å². The fourth-order valence-corrected chi connectivity index (χ4v) is 4.14. The Kier molecular flexibility index (Phi) is 5.07. The minimum Gasteiger partial charge on any atom is -0.348 e. The van der Waals surface area contributed by atoms with Gasteiger partial charge in [-0.3, -0.25) is 19.5 Å². The molecule has 1 N–H and O–H groups in total. The molecule has 2 amide bonds. The van der Waals surface area contributed by atoms with Crippen LogP contribution in [0.3, 0.4) is 0 Å². The van der Waals surface area contributed by atoms with Crippen molar-refractivity contribution in [1.82, 2.24) is 20.1 Å². The molecular weight excluding hydrogens is 340 g/mol. The lowest BCUT2D eigenvalue weighted by Gasteiger charge is -2.24. The van der Waals surface area contributed by atoms with E-state index in [0.717, 1.165) is 49.8 Å². The average Bonchev–Trinajstić information content (AvgIpc) is 3.30. The number of aromatic nitrogens is 1. The summed E-state index contributed by atoms with van der Waals surface area (Å²) >= 11 is 0. The molecule has 3 heterocycles. The second-order valence-electron chi connectivity index (χ2n) is 7.69. The Morgan fingerprint density at radius 1 is 1.22 bits per heavy atom. The molecule has 27 heavy (non-hydrogen) atoms. The summed E-state index contributed by atoms with van der Waals surface area (Å²) in [6.45, 7) is 5.02. The van der Waals surface area contributed by atoms with Gasteiger partial charge in [-0.25, -0.2) is 0 Å². The molecule has 6 nitrogen and oxygen atoms in total. The van der Waals surface area contributed by atoms with Crippen molar-refractivity contribution >= 4 is 22.7 Å². The standard InChI is InChI=1S/C21H26N4O2/c1-15-5-4-9-25(15)20(26)14-24-10-8-18(13-24)23-21(27)17-11-16-6-2-3-7-19(16)22-12-17/h2-3,6-7,11-12,15,18H,4-5,8-10,13-14H2,1H3,(H,23,27)/t15-,18+/m1/s1. The molecule has 2 saturated heterocycles. The molecule has 6 heteroatoms. The molecular formula is C21H26N4O2. The third-order valence-electron chi connectivity index (χ3n) is 5.69. The predicted molar refractivity (Wildman–Crippen MR) is 104 cm³/mol. The Hall–Kier alpha value is -2.47. The quantitative estimate of drug-likeness (QED) is 0.899. The first-order chi connectivity index (χ1) is 13.1.